The van der Waals surface area contributed by atoms with Crippen LogP contribution < -0.4 is 0 Å². The molecule has 1 saturated heterocycles. The number of amides is 1. The van der Waals surface area contributed by atoms with Gasteiger partial charge in [0.2, 0.25) is 5.91 Å². The Morgan fingerprint density at radius 1 is 1.04 bits per heavy atom. The van der Waals surface area contributed by atoms with Gasteiger partial charge in [0.1, 0.15) is 0 Å². The predicted octanol–water partition coefficient (Wildman–Crippen LogP) is 3.78. The van der Waals surface area contributed by atoms with Crippen molar-refractivity contribution in [2.75, 3.05) is 6.54 Å². The maximum Gasteiger partial charge on any atom is 0.227 e. The molecule has 25 heavy (non-hydrogen) atoms. The highest BCUT2D eigenvalue weighted by Gasteiger charge is 2.29. The van der Waals surface area contributed by atoms with Crippen molar-refractivity contribution in [2.45, 2.75) is 25.3 Å². The third-order valence-electron chi connectivity index (χ3n) is 4.86. The van der Waals surface area contributed by atoms with Gasteiger partial charge in [-0.05, 0) is 60.4 Å². The molecule has 0 spiro atoms. The minimum Gasteiger partial charge on any atom is -0.335 e. The second-order valence-electron chi connectivity index (χ2n) is 6.46. The molecule has 4 heteroatoms. The van der Waals surface area contributed by atoms with Gasteiger partial charge in [0.25, 0.3) is 0 Å². The van der Waals surface area contributed by atoms with Crippen molar-refractivity contribution in [3.8, 4) is 5.69 Å². The first-order valence-electron chi connectivity index (χ1n) is 8.73. The molecule has 1 atom stereocenters. The average molecular weight is 331 g/mol. The number of hydrogen-bond donors (Lipinski definition) is 0. The van der Waals surface area contributed by atoms with E-state index in [0.29, 0.717) is 6.42 Å². The minimum absolute atomic E-state index is 0.189. The zero-order valence-corrected chi connectivity index (χ0v) is 14.1. The summed E-state index contributed by atoms with van der Waals surface area (Å²) in [6.07, 6.45) is 10.2. The van der Waals surface area contributed by atoms with Gasteiger partial charge in [-0.15, -0.1) is 0 Å². The topological polar surface area (TPSA) is 38.1 Å². The number of likely N-dealkylation sites (tertiary alicyclic amines) is 1. The fourth-order valence-electron chi connectivity index (χ4n) is 3.57. The van der Waals surface area contributed by atoms with Crippen LogP contribution in [0.5, 0.6) is 0 Å². The molecule has 4 nitrogen and oxygen atoms in total. The first-order chi connectivity index (χ1) is 12.3. The van der Waals surface area contributed by atoms with Gasteiger partial charge in [-0.25, -0.2) is 0 Å². The number of rotatable bonds is 4. The standard InChI is InChI=1S/C21H21N3O/c25-21(24-15-3-4-20(24)18-9-11-22-12-10-18)16-17-5-7-19(8-6-17)23-13-1-2-14-23/h1-2,5-14,20H,3-4,15-16H2. The van der Waals surface area contributed by atoms with E-state index in [9.17, 15) is 4.79 Å². The Kier molecular flexibility index (Phi) is 4.34. The van der Waals surface area contributed by atoms with Gasteiger partial charge >= 0.3 is 0 Å². The molecule has 0 N–H and O–H groups in total. The van der Waals surface area contributed by atoms with Crippen molar-refractivity contribution in [1.82, 2.24) is 14.5 Å². The Bertz CT molecular complexity index is 825. The Morgan fingerprint density at radius 2 is 1.76 bits per heavy atom. The molecular formula is C21H21N3O. The smallest absolute Gasteiger partial charge is 0.227 e. The number of pyridine rings is 1. The number of aromatic nitrogens is 2. The summed E-state index contributed by atoms with van der Waals surface area (Å²) in [6, 6.07) is 16.4. The average Bonchev–Trinajstić information content (AvgIpc) is 3.35. The van der Waals surface area contributed by atoms with Crippen molar-refractivity contribution in [3.63, 3.8) is 0 Å². The molecule has 1 aliphatic rings. The highest BCUT2D eigenvalue weighted by molar-refractivity contribution is 5.79. The van der Waals surface area contributed by atoms with Gasteiger partial charge < -0.3 is 9.47 Å². The van der Waals surface area contributed by atoms with E-state index in [2.05, 4.69) is 21.7 Å². The third kappa shape index (κ3) is 3.33. The summed E-state index contributed by atoms with van der Waals surface area (Å²) < 4.78 is 2.06. The van der Waals surface area contributed by atoms with E-state index in [1.54, 1.807) is 12.4 Å². The molecule has 1 aromatic carbocycles. The third-order valence-corrected chi connectivity index (χ3v) is 4.86. The molecule has 0 bridgehead atoms. The summed E-state index contributed by atoms with van der Waals surface area (Å²) in [5.41, 5.74) is 3.35. The van der Waals surface area contributed by atoms with Crippen molar-refractivity contribution in [3.05, 3.63) is 84.4 Å². The monoisotopic (exact) mass is 331 g/mol. The van der Waals surface area contributed by atoms with Crippen LogP contribution in [-0.2, 0) is 11.2 Å². The molecule has 1 aliphatic heterocycles. The molecule has 3 heterocycles. The van der Waals surface area contributed by atoms with Crippen LogP contribution in [0, 0.1) is 0 Å². The van der Waals surface area contributed by atoms with Crippen LogP contribution >= 0.6 is 0 Å². The summed E-state index contributed by atoms with van der Waals surface area (Å²) in [5.74, 6) is 0.202. The van der Waals surface area contributed by atoms with E-state index in [1.165, 1.54) is 5.56 Å². The van der Waals surface area contributed by atoms with Crippen molar-refractivity contribution < 1.29 is 4.79 Å². The normalized spacial score (nSPS) is 17.0. The van der Waals surface area contributed by atoms with Gasteiger partial charge in [0, 0.05) is 37.0 Å². The molecule has 126 valence electrons. The van der Waals surface area contributed by atoms with Crippen molar-refractivity contribution in [2.24, 2.45) is 0 Å². The number of hydrogen-bond acceptors (Lipinski definition) is 2. The van der Waals surface area contributed by atoms with Gasteiger partial charge in [0.15, 0.2) is 0 Å². The summed E-state index contributed by atoms with van der Waals surface area (Å²) in [5, 5.41) is 0. The van der Waals surface area contributed by atoms with Crippen LogP contribution in [0.25, 0.3) is 5.69 Å². The number of carbonyl (C=O) groups is 1. The largest absolute Gasteiger partial charge is 0.335 e. The highest BCUT2D eigenvalue weighted by Crippen LogP contribution is 2.32. The molecule has 4 rings (SSSR count). The van der Waals surface area contributed by atoms with E-state index in [1.807, 2.05) is 53.7 Å². The lowest BCUT2D eigenvalue weighted by Crippen LogP contribution is -2.31. The van der Waals surface area contributed by atoms with Gasteiger partial charge in [-0.2, -0.15) is 0 Å². The van der Waals surface area contributed by atoms with Crippen LogP contribution in [0.1, 0.15) is 30.0 Å². The Labute approximate surface area is 147 Å². The zero-order chi connectivity index (χ0) is 17.1. The summed E-state index contributed by atoms with van der Waals surface area (Å²) >= 11 is 0. The Morgan fingerprint density at radius 3 is 2.48 bits per heavy atom. The minimum atomic E-state index is 0.189. The van der Waals surface area contributed by atoms with E-state index in [0.717, 1.165) is 30.6 Å². The molecule has 0 radical (unpaired) electrons. The second-order valence-corrected chi connectivity index (χ2v) is 6.46. The molecule has 0 aliphatic carbocycles. The first kappa shape index (κ1) is 15.6. The Hall–Kier alpha value is -2.88. The quantitative estimate of drug-likeness (QED) is 0.730. The van der Waals surface area contributed by atoms with E-state index >= 15 is 0 Å². The lowest BCUT2D eigenvalue weighted by molar-refractivity contribution is -0.131. The fourth-order valence-corrected chi connectivity index (χ4v) is 3.57. The molecule has 1 amide bonds. The molecule has 2 aromatic heterocycles. The molecule has 1 fully saturated rings. The number of nitrogens with zero attached hydrogens (tertiary/aromatic N) is 3. The van der Waals surface area contributed by atoms with E-state index in [-0.39, 0.29) is 11.9 Å². The Balaban J connectivity index is 1.46. The van der Waals surface area contributed by atoms with Crippen LogP contribution in [0.15, 0.2) is 73.3 Å². The SMILES string of the molecule is O=C(Cc1ccc(-n2cccc2)cc1)N1CCCC1c1ccncc1. The number of benzene rings is 1. The molecule has 1 unspecified atom stereocenters. The molecule has 3 aromatic rings. The van der Waals surface area contributed by atoms with E-state index in [4.69, 9.17) is 0 Å². The van der Waals surface area contributed by atoms with Crippen molar-refractivity contribution >= 4 is 5.91 Å². The lowest BCUT2D eigenvalue weighted by atomic mass is 10.1. The van der Waals surface area contributed by atoms with Crippen LogP contribution in [0.2, 0.25) is 0 Å². The zero-order valence-electron chi connectivity index (χ0n) is 14.1. The predicted molar refractivity (Wildman–Crippen MR) is 97.4 cm³/mol. The summed E-state index contributed by atoms with van der Waals surface area (Å²) in [7, 11) is 0. The first-order valence-corrected chi connectivity index (χ1v) is 8.73. The molecular weight excluding hydrogens is 310 g/mol. The van der Waals surface area contributed by atoms with E-state index < -0.39 is 0 Å². The van der Waals surface area contributed by atoms with Crippen LogP contribution in [0.4, 0.5) is 0 Å². The molecule has 0 saturated carbocycles. The summed E-state index contributed by atoms with van der Waals surface area (Å²) in [6.45, 7) is 0.841. The fraction of sp³-hybridized carbons (Fsp3) is 0.238. The maximum absolute atomic E-state index is 12.8. The van der Waals surface area contributed by atoms with Crippen LogP contribution in [-0.4, -0.2) is 26.9 Å². The van der Waals surface area contributed by atoms with Gasteiger partial charge in [-0.3, -0.25) is 9.78 Å². The van der Waals surface area contributed by atoms with Gasteiger partial charge in [-0.1, -0.05) is 12.1 Å². The lowest BCUT2D eigenvalue weighted by Gasteiger charge is -2.25. The van der Waals surface area contributed by atoms with Crippen LogP contribution in [0.3, 0.4) is 0 Å². The van der Waals surface area contributed by atoms with Gasteiger partial charge in [0.05, 0.1) is 12.5 Å². The van der Waals surface area contributed by atoms with Crippen molar-refractivity contribution in [1.29, 1.82) is 0 Å². The summed E-state index contributed by atoms with van der Waals surface area (Å²) in [4.78, 5) is 18.9. The maximum atomic E-state index is 12.8. The highest BCUT2D eigenvalue weighted by atomic mass is 16.2. The number of carbonyl (C=O) groups excluding carboxylic acids is 1. The second kappa shape index (κ2) is 6.93.